The first-order valence-electron chi connectivity index (χ1n) is 4.26. The molecule has 0 aromatic rings. The van der Waals surface area contributed by atoms with Gasteiger partial charge in [0, 0.05) is 0 Å². The zero-order chi connectivity index (χ0) is 8.69. The number of allylic oxidation sites excluding steroid dienone is 4. The van der Waals surface area contributed by atoms with Gasteiger partial charge in [0.05, 0.1) is 0 Å². The molecule has 0 radical (unpaired) electrons. The molecular weight excluding hydrogens is 132 g/mol. The maximum atomic E-state index is 4.02. The first-order valence-corrected chi connectivity index (χ1v) is 4.26. The summed E-state index contributed by atoms with van der Waals surface area (Å²) in [4.78, 5) is 0. The van der Waals surface area contributed by atoms with Crippen LogP contribution in [0.3, 0.4) is 0 Å². The molecule has 0 aromatic heterocycles. The summed E-state index contributed by atoms with van der Waals surface area (Å²) >= 11 is 0. The molecule has 0 saturated carbocycles. The monoisotopic (exact) mass is 150 g/mol. The predicted molar refractivity (Wildman–Crippen MR) is 52.6 cm³/mol. The van der Waals surface area contributed by atoms with Crippen LogP contribution in [0.1, 0.15) is 33.1 Å². The second-order valence-electron chi connectivity index (χ2n) is 2.63. The van der Waals surface area contributed by atoms with Gasteiger partial charge in [-0.2, -0.15) is 0 Å². The largest absolute Gasteiger partial charge is 0.0991 e. The zero-order valence-corrected chi connectivity index (χ0v) is 7.69. The van der Waals surface area contributed by atoms with Crippen LogP contribution < -0.4 is 0 Å². The van der Waals surface area contributed by atoms with Crippen LogP contribution in [0.25, 0.3) is 0 Å². The highest BCUT2D eigenvalue weighted by molar-refractivity contribution is 5.30. The molecule has 0 bridgehead atoms. The molecule has 0 N–H and O–H groups in total. The molecule has 0 aliphatic carbocycles. The third kappa shape index (κ3) is 3.82. The smallest absolute Gasteiger partial charge is 0.0285 e. The number of rotatable bonds is 5. The summed E-state index contributed by atoms with van der Waals surface area (Å²) in [5, 5.41) is 0. The van der Waals surface area contributed by atoms with Crippen LogP contribution in [-0.4, -0.2) is 0 Å². The van der Waals surface area contributed by atoms with Crippen molar-refractivity contribution in [2.24, 2.45) is 0 Å². The van der Waals surface area contributed by atoms with Crippen molar-refractivity contribution in [1.29, 1.82) is 0 Å². The summed E-state index contributed by atoms with van der Waals surface area (Å²) in [5.74, 6) is 0. The van der Waals surface area contributed by atoms with E-state index in [2.05, 4.69) is 33.1 Å². The number of hydrogen-bond acceptors (Lipinski definition) is 0. The molecule has 0 unspecified atom stereocenters. The molecule has 0 nitrogen and oxygen atoms in total. The summed E-state index contributed by atoms with van der Waals surface area (Å²) in [6.07, 6.45) is 7.23. The lowest BCUT2D eigenvalue weighted by Gasteiger charge is -2.05. The highest BCUT2D eigenvalue weighted by atomic mass is 14.0. The minimum absolute atomic E-state index is 1.06. The van der Waals surface area contributed by atoms with Crippen molar-refractivity contribution in [3.63, 3.8) is 0 Å². The zero-order valence-electron chi connectivity index (χ0n) is 7.69. The van der Waals surface area contributed by atoms with Crippen molar-refractivity contribution in [2.45, 2.75) is 33.1 Å². The average molecular weight is 150 g/mol. The Morgan fingerprint density at radius 1 is 1.36 bits per heavy atom. The van der Waals surface area contributed by atoms with Crippen molar-refractivity contribution in [2.75, 3.05) is 0 Å². The van der Waals surface area contributed by atoms with E-state index in [0.717, 1.165) is 12.8 Å². The van der Waals surface area contributed by atoms with E-state index in [1.54, 1.807) is 0 Å². The molecule has 0 atom stereocenters. The molecule has 0 aliphatic rings. The Hall–Kier alpha value is -0.780. The van der Waals surface area contributed by atoms with E-state index in [4.69, 9.17) is 0 Å². The first-order chi connectivity index (χ1) is 5.26. The third-order valence-electron chi connectivity index (χ3n) is 1.71. The molecule has 0 heterocycles. The maximum absolute atomic E-state index is 4.02. The van der Waals surface area contributed by atoms with Crippen LogP contribution in [0.4, 0.5) is 0 Å². The SMILES string of the molecule is C=C/C=C(/CC)C(=C)CCC. The summed E-state index contributed by atoms with van der Waals surface area (Å²) in [7, 11) is 0. The van der Waals surface area contributed by atoms with Crippen molar-refractivity contribution in [3.8, 4) is 0 Å². The highest BCUT2D eigenvalue weighted by Gasteiger charge is 1.96. The van der Waals surface area contributed by atoms with Crippen LogP contribution in [-0.2, 0) is 0 Å². The number of hydrogen-bond donors (Lipinski definition) is 0. The van der Waals surface area contributed by atoms with Crippen LogP contribution in [0.15, 0.2) is 36.5 Å². The fourth-order valence-electron chi connectivity index (χ4n) is 1.09. The first kappa shape index (κ1) is 10.2. The average Bonchev–Trinajstić information content (AvgIpc) is 2.00. The molecule has 0 fully saturated rings. The van der Waals surface area contributed by atoms with Crippen LogP contribution in [0, 0.1) is 0 Å². The Kier molecular flexibility index (Phi) is 5.54. The minimum atomic E-state index is 1.06. The Morgan fingerprint density at radius 2 is 2.00 bits per heavy atom. The van der Waals surface area contributed by atoms with Gasteiger partial charge < -0.3 is 0 Å². The van der Waals surface area contributed by atoms with Crippen LogP contribution in [0.2, 0.25) is 0 Å². The standard InChI is InChI=1S/C11H18/c1-5-8-10(4)11(7-3)9-6-2/h6,9H,2,4-5,7-8H2,1,3H3/b11-9-. The molecule has 0 saturated heterocycles. The van der Waals surface area contributed by atoms with E-state index in [1.807, 2.05) is 6.08 Å². The Labute approximate surface area is 70.3 Å². The van der Waals surface area contributed by atoms with Gasteiger partial charge in [0.2, 0.25) is 0 Å². The summed E-state index contributed by atoms with van der Waals surface area (Å²) in [6, 6.07) is 0. The van der Waals surface area contributed by atoms with Crippen LogP contribution >= 0.6 is 0 Å². The van der Waals surface area contributed by atoms with Gasteiger partial charge >= 0.3 is 0 Å². The van der Waals surface area contributed by atoms with Gasteiger partial charge in [-0.05, 0) is 18.4 Å². The van der Waals surface area contributed by atoms with Crippen molar-refractivity contribution in [1.82, 2.24) is 0 Å². The maximum Gasteiger partial charge on any atom is -0.0285 e. The summed E-state index contributed by atoms with van der Waals surface area (Å²) in [6.45, 7) is 12.0. The van der Waals surface area contributed by atoms with Crippen molar-refractivity contribution >= 4 is 0 Å². The molecule has 62 valence electrons. The molecule has 0 aromatic carbocycles. The van der Waals surface area contributed by atoms with Gasteiger partial charge in [0.1, 0.15) is 0 Å². The lowest BCUT2D eigenvalue weighted by Crippen LogP contribution is -1.85. The Morgan fingerprint density at radius 3 is 2.36 bits per heavy atom. The van der Waals surface area contributed by atoms with Gasteiger partial charge in [-0.15, -0.1) is 0 Å². The minimum Gasteiger partial charge on any atom is -0.0991 e. The molecular formula is C11H18. The Bertz CT molecular complexity index is 161. The molecule has 0 amide bonds. The van der Waals surface area contributed by atoms with Gasteiger partial charge in [0.25, 0.3) is 0 Å². The lowest BCUT2D eigenvalue weighted by molar-refractivity contribution is 0.898. The fraction of sp³-hybridized carbons (Fsp3) is 0.455. The summed E-state index contributed by atoms with van der Waals surface area (Å²) in [5.41, 5.74) is 2.59. The molecule has 0 spiro atoms. The molecule has 0 heteroatoms. The van der Waals surface area contributed by atoms with E-state index >= 15 is 0 Å². The van der Waals surface area contributed by atoms with E-state index in [9.17, 15) is 0 Å². The molecule has 0 rings (SSSR count). The van der Waals surface area contributed by atoms with Crippen molar-refractivity contribution in [3.05, 3.63) is 36.5 Å². The second kappa shape index (κ2) is 5.96. The molecule has 11 heavy (non-hydrogen) atoms. The van der Waals surface area contributed by atoms with E-state index in [1.165, 1.54) is 17.6 Å². The lowest BCUT2D eigenvalue weighted by atomic mass is 10.0. The molecule has 0 aliphatic heterocycles. The van der Waals surface area contributed by atoms with Gasteiger partial charge in [-0.1, -0.05) is 51.2 Å². The summed E-state index contributed by atoms with van der Waals surface area (Å²) < 4.78 is 0. The second-order valence-corrected chi connectivity index (χ2v) is 2.63. The van der Waals surface area contributed by atoms with E-state index < -0.39 is 0 Å². The van der Waals surface area contributed by atoms with Gasteiger partial charge in [-0.3, -0.25) is 0 Å². The quantitative estimate of drug-likeness (QED) is 0.522. The van der Waals surface area contributed by atoms with E-state index in [-0.39, 0.29) is 0 Å². The van der Waals surface area contributed by atoms with Crippen molar-refractivity contribution < 1.29 is 0 Å². The van der Waals surface area contributed by atoms with Gasteiger partial charge in [-0.25, -0.2) is 0 Å². The third-order valence-corrected chi connectivity index (χ3v) is 1.71. The highest BCUT2D eigenvalue weighted by Crippen LogP contribution is 2.16. The normalized spacial score (nSPS) is 11.3. The predicted octanol–water partition coefficient (Wildman–Crippen LogP) is 3.87. The Balaban J connectivity index is 4.13. The van der Waals surface area contributed by atoms with E-state index in [0.29, 0.717) is 0 Å². The topological polar surface area (TPSA) is 0 Å². The fourth-order valence-corrected chi connectivity index (χ4v) is 1.09. The van der Waals surface area contributed by atoms with Crippen LogP contribution in [0.5, 0.6) is 0 Å². The van der Waals surface area contributed by atoms with Gasteiger partial charge in [0.15, 0.2) is 0 Å².